The van der Waals surface area contributed by atoms with Crippen LogP contribution in [-0.2, 0) is 0 Å². The van der Waals surface area contributed by atoms with Gasteiger partial charge in [0.15, 0.2) is 17.5 Å². The zero-order valence-electron chi connectivity index (χ0n) is 30.9. The molecule has 7 aromatic carbocycles. The Morgan fingerprint density at radius 2 is 0.845 bits per heavy atom. The van der Waals surface area contributed by atoms with Gasteiger partial charge in [0.25, 0.3) is 0 Å². The summed E-state index contributed by atoms with van der Waals surface area (Å²) >= 11 is 0. The Morgan fingerprint density at radius 1 is 0.397 bits per heavy atom. The van der Waals surface area contributed by atoms with Crippen LogP contribution in [0.3, 0.4) is 0 Å². The lowest BCUT2D eigenvalue weighted by atomic mass is 9.63. The predicted molar refractivity (Wildman–Crippen MR) is 246 cm³/mol. The van der Waals surface area contributed by atoms with Gasteiger partial charge in [-0.15, -0.1) is 21.9 Å². The van der Waals surface area contributed by atoms with E-state index in [1.165, 1.54) is 0 Å². The second kappa shape index (κ2) is 13.7. The number of benzene rings is 7. The Kier molecular flexibility index (Phi) is 8.49. The standard InChI is InChI=1S/C45H20B8N4O/c46-32-30-31-33(47)35(49)37(51)39(53)41(31)57(40(30)38(52)36(50)34(32)48)25-19-27(21-10-4-1-5-11-21)42-28(20-25)26-17-16-24(18-29(26)58-42)45-55-43(22-12-6-2-7-13-22)54-44(56-45)23-14-8-3-9-15-23/h1-20H. The fourth-order valence-electron chi connectivity index (χ4n) is 7.87. The molecule has 10 aromatic rings. The van der Waals surface area contributed by atoms with Crippen LogP contribution < -0.4 is 43.7 Å². The highest BCUT2D eigenvalue weighted by atomic mass is 16.3. The van der Waals surface area contributed by atoms with E-state index < -0.39 is 0 Å². The first-order valence-electron chi connectivity index (χ1n) is 18.4. The Bertz CT molecular complexity index is 3180. The highest BCUT2D eigenvalue weighted by Crippen LogP contribution is 2.40. The highest BCUT2D eigenvalue weighted by molar-refractivity contribution is 6.71. The van der Waals surface area contributed by atoms with E-state index in [1.807, 2.05) is 126 Å². The van der Waals surface area contributed by atoms with E-state index in [0.29, 0.717) is 56.1 Å². The smallest absolute Gasteiger partial charge is 0.164 e. The minimum Gasteiger partial charge on any atom is -0.455 e. The normalized spacial score (nSPS) is 11.7. The van der Waals surface area contributed by atoms with E-state index in [-0.39, 0.29) is 43.7 Å². The minimum atomic E-state index is 0.124. The maximum absolute atomic E-state index is 6.81. The first kappa shape index (κ1) is 36.0. The van der Waals surface area contributed by atoms with Gasteiger partial charge in [0, 0.05) is 49.7 Å². The fraction of sp³-hybridized carbons (Fsp3) is 0. The molecule has 0 amide bonds. The van der Waals surface area contributed by atoms with Crippen molar-refractivity contribution in [3.8, 4) is 51.0 Å². The second-order valence-electron chi connectivity index (χ2n) is 14.2. The van der Waals surface area contributed by atoms with Crippen molar-refractivity contribution in [1.29, 1.82) is 0 Å². The summed E-state index contributed by atoms with van der Waals surface area (Å²) < 4.78 is 8.66. The quantitative estimate of drug-likeness (QED) is 0.256. The molecule has 3 aromatic heterocycles. The number of furan rings is 1. The van der Waals surface area contributed by atoms with E-state index in [4.69, 9.17) is 82.1 Å². The second-order valence-corrected chi connectivity index (χ2v) is 14.2. The van der Waals surface area contributed by atoms with Gasteiger partial charge in [-0.3, -0.25) is 0 Å². The Hall–Kier alpha value is -6.33. The highest BCUT2D eigenvalue weighted by Gasteiger charge is 2.25. The predicted octanol–water partition coefficient (Wildman–Crippen LogP) is 1.89. The summed E-state index contributed by atoms with van der Waals surface area (Å²) in [6.07, 6.45) is 0. The van der Waals surface area contributed by atoms with Gasteiger partial charge in [-0.25, -0.2) is 15.0 Å². The Morgan fingerprint density at radius 3 is 1.34 bits per heavy atom. The number of hydrogen-bond acceptors (Lipinski definition) is 4. The van der Waals surface area contributed by atoms with Crippen molar-refractivity contribution in [1.82, 2.24) is 19.5 Å². The summed E-state index contributed by atoms with van der Waals surface area (Å²) in [5, 5.41) is 2.57. The molecule has 0 aliphatic rings. The number of hydrogen-bond donors (Lipinski definition) is 0. The first-order valence-corrected chi connectivity index (χ1v) is 18.4. The molecule has 58 heavy (non-hydrogen) atoms. The van der Waals surface area contributed by atoms with E-state index in [1.54, 1.807) is 0 Å². The molecule has 0 N–H and O–H groups in total. The molecular weight excluding hydrogens is 699 g/mol. The summed E-state index contributed by atoms with van der Waals surface area (Å²) in [6.45, 7) is 0. The molecule has 16 radical (unpaired) electrons. The topological polar surface area (TPSA) is 56.7 Å². The van der Waals surface area contributed by atoms with Gasteiger partial charge < -0.3 is 8.98 Å². The third-order valence-corrected chi connectivity index (χ3v) is 10.8. The van der Waals surface area contributed by atoms with E-state index in [9.17, 15) is 0 Å². The average molecular weight is 719 g/mol. The van der Waals surface area contributed by atoms with Crippen molar-refractivity contribution in [2.75, 3.05) is 0 Å². The number of fused-ring (bicyclic) bond motifs is 6. The van der Waals surface area contributed by atoms with Crippen LogP contribution in [0.1, 0.15) is 0 Å². The van der Waals surface area contributed by atoms with Gasteiger partial charge >= 0.3 is 0 Å². The molecule has 250 valence electrons. The SMILES string of the molecule is [B]c1c([B])c([B])c2c(c1[B])c1c([B])c([B])c([B])c([B])c1n2-c1cc(-c2ccccc2)c2oc3cc(-c4nc(-c5ccccc5)nc(-c5ccccc5)n4)ccc3c2c1. The van der Waals surface area contributed by atoms with Crippen molar-refractivity contribution in [3.05, 3.63) is 121 Å². The average Bonchev–Trinajstić information content (AvgIpc) is 3.83. The minimum absolute atomic E-state index is 0.124. The lowest BCUT2D eigenvalue weighted by Gasteiger charge is -2.18. The summed E-state index contributed by atoms with van der Waals surface area (Å²) in [5.74, 6) is 1.61. The molecule has 3 heterocycles. The van der Waals surface area contributed by atoms with Crippen LogP contribution in [0.4, 0.5) is 0 Å². The molecule has 5 nitrogen and oxygen atoms in total. The lowest BCUT2D eigenvalue weighted by Crippen LogP contribution is -2.49. The van der Waals surface area contributed by atoms with Crippen LogP contribution in [0.15, 0.2) is 126 Å². The number of aromatic nitrogens is 4. The molecule has 0 aliphatic heterocycles. The van der Waals surface area contributed by atoms with E-state index in [0.717, 1.165) is 38.6 Å². The van der Waals surface area contributed by atoms with Crippen molar-refractivity contribution in [3.63, 3.8) is 0 Å². The van der Waals surface area contributed by atoms with Gasteiger partial charge in [-0.1, -0.05) is 119 Å². The van der Waals surface area contributed by atoms with Crippen LogP contribution >= 0.6 is 0 Å². The van der Waals surface area contributed by atoms with Crippen LogP contribution in [0, 0.1) is 0 Å². The maximum Gasteiger partial charge on any atom is 0.164 e. The van der Waals surface area contributed by atoms with Gasteiger partial charge in [0.1, 0.15) is 73.9 Å². The zero-order chi connectivity index (χ0) is 40.0. The van der Waals surface area contributed by atoms with Crippen LogP contribution in [0.2, 0.25) is 0 Å². The van der Waals surface area contributed by atoms with E-state index in [2.05, 4.69) is 0 Å². The molecule has 0 unspecified atom stereocenters. The largest absolute Gasteiger partial charge is 0.455 e. The van der Waals surface area contributed by atoms with Crippen molar-refractivity contribution >= 4 is 150 Å². The molecule has 0 spiro atoms. The fourth-order valence-corrected chi connectivity index (χ4v) is 7.87. The van der Waals surface area contributed by atoms with Crippen molar-refractivity contribution in [2.24, 2.45) is 0 Å². The van der Waals surface area contributed by atoms with Gasteiger partial charge in [0.2, 0.25) is 0 Å². The monoisotopic (exact) mass is 720 g/mol. The summed E-state index contributed by atoms with van der Waals surface area (Å²) in [4.78, 5) is 14.7. The number of rotatable bonds is 5. The van der Waals surface area contributed by atoms with Gasteiger partial charge in [-0.05, 0) is 40.6 Å². The summed E-state index contributed by atoms with van der Waals surface area (Å²) in [5.41, 5.74) is 8.29. The summed E-state index contributed by atoms with van der Waals surface area (Å²) in [7, 11) is 52.8. The number of nitrogens with zero attached hydrogens (tertiary/aromatic N) is 4. The third-order valence-electron chi connectivity index (χ3n) is 10.8. The van der Waals surface area contributed by atoms with Crippen LogP contribution in [0.25, 0.3) is 94.7 Å². The Balaban J connectivity index is 1.26. The first-order chi connectivity index (χ1) is 28.1. The van der Waals surface area contributed by atoms with Crippen molar-refractivity contribution < 1.29 is 4.42 Å². The molecule has 0 fully saturated rings. The van der Waals surface area contributed by atoms with Crippen LogP contribution in [0.5, 0.6) is 0 Å². The lowest BCUT2D eigenvalue weighted by molar-refractivity contribution is 0.670. The molecule has 0 aliphatic carbocycles. The molecule has 0 atom stereocenters. The maximum atomic E-state index is 6.81. The van der Waals surface area contributed by atoms with Crippen molar-refractivity contribution in [2.45, 2.75) is 0 Å². The Labute approximate surface area is 345 Å². The molecule has 0 saturated heterocycles. The zero-order valence-corrected chi connectivity index (χ0v) is 30.9. The molecule has 0 saturated carbocycles. The molecule has 10 rings (SSSR count). The summed E-state index contributed by atoms with van der Waals surface area (Å²) in [6, 6.07) is 39.5. The van der Waals surface area contributed by atoms with Crippen LogP contribution in [-0.4, -0.2) is 82.3 Å². The third kappa shape index (κ3) is 5.47. The van der Waals surface area contributed by atoms with Gasteiger partial charge in [0.05, 0.1) is 0 Å². The molecule has 13 heteroatoms. The van der Waals surface area contributed by atoms with E-state index >= 15 is 0 Å². The molecular formula is C45H20B8N4O. The molecule has 0 bridgehead atoms. The van der Waals surface area contributed by atoms with Gasteiger partial charge in [-0.2, -0.15) is 0 Å².